The highest BCUT2D eigenvalue weighted by atomic mass is 16.5. The van der Waals surface area contributed by atoms with Gasteiger partial charge >= 0.3 is 0 Å². The molecule has 0 aliphatic rings. The maximum Gasteiger partial charge on any atom is 0.191 e. The van der Waals surface area contributed by atoms with Crippen molar-refractivity contribution in [3.63, 3.8) is 0 Å². The Bertz CT molecular complexity index is 438. The summed E-state index contributed by atoms with van der Waals surface area (Å²) in [5.74, 6) is 0.808. The van der Waals surface area contributed by atoms with Crippen LogP contribution in [0.1, 0.15) is 24.7 Å². The summed E-state index contributed by atoms with van der Waals surface area (Å²) in [5, 5.41) is 6.53. The van der Waals surface area contributed by atoms with E-state index >= 15 is 0 Å². The Hall–Kier alpha value is -1.66. The molecule has 22 heavy (non-hydrogen) atoms. The third-order valence-corrected chi connectivity index (χ3v) is 2.88. The summed E-state index contributed by atoms with van der Waals surface area (Å²) in [6.45, 7) is 8.26. The Kier molecular flexibility index (Phi) is 9.98. The van der Waals surface area contributed by atoms with Crippen molar-refractivity contribution >= 4 is 5.96 Å². The summed E-state index contributed by atoms with van der Waals surface area (Å²) in [4.78, 5) is 8.99. The number of hydrogen-bond acceptors (Lipinski definition) is 4. The minimum Gasteiger partial charge on any atom is -0.382 e. The second-order valence-corrected chi connectivity index (χ2v) is 4.85. The van der Waals surface area contributed by atoms with Gasteiger partial charge in [-0.3, -0.25) is 4.98 Å². The SMILES string of the molecule is CCNC(=NCc1cccc(C)n1)NCCCOCCOC. The van der Waals surface area contributed by atoms with Gasteiger partial charge in [-0.15, -0.1) is 0 Å². The first-order valence-electron chi connectivity index (χ1n) is 7.77. The highest BCUT2D eigenvalue weighted by Crippen LogP contribution is 1.99. The van der Waals surface area contributed by atoms with Gasteiger partial charge in [0.1, 0.15) is 0 Å². The number of pyridine rings is 1. The van der Waals surface area contributed by atoms with Gasteiger partial charge in [-0.1, -0.05) is 6.07 Å². The van der Waals surface area contributed by atoms with Gasteiger partial charge in [0.15, 0.2) is 5.96 Å². The molecule has 1 heterocycles. The average molecular weight is 308 g/mol. The summed E-state index contributed by atoms with van der Waals surface area (Å²) >= 11 is 0. The number of guanidine groups is 1. The van der Waals surface area contributed by atoms with E-state index in [9.17, 15) is 0 Å². The first-order valence-corrected chi connectivity index (χ1v) is 7.77. The fraction of sp³-hybridized carbons (Fsp3) is 0.625. The molecule has 1 aromatic rings. The Morgan fingerprint density at radius 1 is 1.23 bits per heavy atom. The van der Waals surface area contributed by atoms with E-state index in [0.717, 1.165) is 43.5 Å². The van der Waals surface area contributed by atoms with Gasteiger partial charge < -0.3 is 20.1 Å². The van der Waals surface area contributed by atoms with Crippen molar-refractivity contribution in [3.8, 4) is 0 Å². The van der Waals surface area contributed by atoms with Crippen molar-refractivity contribution in [1.82, 2.24) is 15.6 Å². The Labute approximate surface area is 133 Å². The zero-order valence-electron chi connectivity index (χ0n) is 13.9. The molecule has 2 N–H and O–H groups in total. The van der Waals surface area contributed by atoms with Gasteiger partial charge in [0, 0.05) is 32.5 Å². The summed E-state index contributed by atoms with van der Waals surface area (Å²) in [7, 11) is 1.67. The predicted octanol–water partition coefficient (Wildman–Crippen LogP) is 1.50. The van der Waals surface area contributed by atoms with Gasteiger partial charge in [0.05, 0.1) is 25.5 Å². The quantitative estimate of drug-likeness (QED) is 0.389. The molecule has 6 heteroatoms. The number of aryl methyl sites for hydroxylation is 1. The van der Waals surface area contributed by atoms with Gasteiger partial charge in [0.2, 0.25) is 0 Å². The Morgan fingerprint density at radius 2 is 2.09 bits per heavy atom. The van der Waals surface area contributed by atoms with Crippen LogP contribution in [-0.4, -0.2) is 51.0 Å². The monoisotopic (exact) mass is 308 g/mol. The van der Waals surface area contributed by atoms with Crippen molar-refractivity contribution in [3.05, 3.63) is 29.6 Å². The summed E-state index contributed by atoms with van der Waals surface area (Å²) in [6, 6.07) is 5.98. The van der Waals surface area contributed by atoms with Crippen LogP contribution < -0.4 is 10.6 Å². The molecule has 6 nitrogen and oxygen atoms in total. The maximum atomic E-state index is 5.42. The maximum absolute atomic E-state index is 5.42. The molecule has 1 rings (SSSR count). The second kappa shape index (κ2) is 11.9. The molecule has 0 saturated carbocycles. The van der Waals surface area contributed by atoms with Crippen LogP contribution in [0.25, 0.3) is 0 Å². The van der Waals surface area contributed by atoms with Crippen LogP contribution in [0.4, 0.5) is 0 Å². The van der Waals surface area contributed by atoms with E-state index in [4.69, 9.17) is 9.47 Å². The average Bonchev–Trinajstić information content (AvgIpc) is 2.51. The highest BCUT2D eigenvalue weighted by molar-refractivity contribution is 5.79. The van der Waals surface area contributed by atoms with Gasteiger partial charge in [-0.2, -0.15) is 0 Å². The first-order chi connectivity index (χ1) is 10.8. The van der Waals surface area contributed by atoms with Crippen molar-refractivity contribution in [2.24, 2.45) is 4.99 Å². The molecule has 0 bridgehead atoms. The largest absolute Gasteiger partial charge is 0.382 e. The van der Waals surface area contributed by atoms with E-state index in [1.807, 2.05) is 25.1 Å². The number of hydrogen-bond donors (Lipinski definition) is 2. The van der Waals surface area contributed by atoms with Crippen LogP contribution in [0.5, 0.6) is 0 Å². The Morgan fingerprint density at radius 3 is 2.82 bits per heavy atom. The molecule has 0 aromatic carbocycles. The fourth-order valence-electron chi connectivity index (χ4n) is 1.81. The zero-order chi connectivity index (χ0) is 16.0. The molecule has 0 aliphatic heterocycles. The summed E-state index contributed by atoms with van der Waals surface area (Å²) in [5.41, 5.74) is 1.99. The van der Waals surface area contributed by atoms with Crippen molar-refractivity contribution in [1.29, 1.82) is 0 Å². The van der Waals surface area contributed by atoms with Crippen LogP contribution >= 0.6 is 0 Å². The van der Waals surface area contributed by atoms with Crippen molar-refractivity contribution < 1.29 is 9.47 Å². The molecule has 0 amide bonds. The molecule has 0 atom stereocenters. The molecular formula is C16H28N4O2. The summed E-state index contributed by atoms with van der Waals surface area (Å²) in [6.07, 6.45) is 0.927. The number of nitrogens with zero attached hydrogens (tertiary/aromatic N) is 2. The van der Waals surface area contributed by atoms with E-state index in [-0.39, 0.29) is 0 Å². The lowest BCUT2D eigenvalue weighted by atomic mass is 10.3. The second-order valence-electron chi connectivity index (χ2n) is 4.85. The molecule has 0 radical (unpaired) electrons. The van der Waals surface area contributed by atoms with Crippen LogP contribution in [0.2, 0.25) is 0 Å². The molecular weight excluding hydrogens is 280 g/mol. The number of ether oxygens (including phenoxy) is 2. The predicted molar refractivity (Wildman–Crippen MR) is 89.1 cm³/mol. The lowest BCUT2D eigenvalue weighted by Gasteiger charge is -2.11. The number of nitrogens with one attached hydrogen (secondary N) is 2. The van der Waals surface area contributed by atoms with Crippen molar-refractivity contribution in [2.45, 2.75) is 26.8 Å². The molecule has 0 fully saturated rings. The van der Waals surface area contributed by atoms with E-state index in [0.29, 0.717) is 19.8 Å². The van der Waals surface area contributed by atoms with Crippen LogP contribution in [0, 0.1) is 6.92 Å². The molecule has 0 unspecified atom stereocenters. The lowest BCUT2D eigenvalue weighted by molar-refractivity contribution is 0.0698. The number of aromatic nitrogens is 1. The number of aliphatic imine (C=N–C) groups is 1. The van der Waals surface area contributed by atoms with E-state index in [1.165, 1.54) is 0 Å². The molecule has 0 aliphatic carbocycles. The zero-order valence-corrected chi connectivity index (χ0v) is 13.9. The van der Waals surface area contributed by atoms with E-state index < -0.39 is 0 Å². The van der Waals surface area contributed by atoms with Crippen molar-refractivity contribution in [2.75, 3.05) is 40.0 Å². The topological polar surface area (TPSA) is 67.8 Å². The standard InChI is InChI=1S/C16H28N4O2/c1-4-17-16(18-9-6-10-22-12-11-21-3)19-13-15-8-5-7-14(2)20-15/h5,7-8H,4,6,9-13H2,1-3H3,(H2,17,18,19). The van der Waals surface area contributed by atoms with Crippen LogP contribution in [-0.2, 0) is 16.0 Å². The molecule has 124 valence electrons. The highest BCUT2D eigenvalue weighted by Gasteiger charge is 1.98. The smallest absolute Gasteiger partial charge is 0.191 e. The normalized spacial score (nSPS) is 11.5. The molecule has 0 saturated heterocycles. The minimum atomic E-state index is 0.571. The molecule has 0 spiro atoms. The van der Waals surface area contributed by atoms with E-state index in [1.54, 1.807) is 7.11 Å². The molecule has 1 aromatic heterocycles. The number of rotatable bonds is 10. The van der Waals surface area contributed by atoms with Gasteiger partial charge in [0.25, 0.3) is 0 Å². The van der Waals surface area contributed by atoms with Gasteiger partial charge in [-0.25, -0.2) is 4.99 Å². The van der Waals surface area contributed by atoms with Gasteiger partial charge in [-0.05, 0) is 32.4 Å². The number of methoxy groups -OCH3 is 1. The van der Waals surface area contributed by atoms with E-state index in [2.05, 4.69) is 27.5 Å². The van der Waals surface area contributed by atoms with Crippen LogP contribution in [0.15, 0.2) is 23.2 Å². The third kappa shape index (κ3) is 8.59. The van der Waals surface area contributed by atoms with Crippen LogP contribution in [0.3, 0.4) is 0 Å². The summed E-state index contributed by atoms with van der Waals surface area (Å²) < 4.78 is 10.3. The minimum absolute atomic E-state index is 0.571. The fourth-order valence-corrected chi connectivity index (χ4v) is 1.81. The first kappa shape index (κ1) is 18.4. The lowest BCUT2D eigenvalue weighted by Crippen LogP contribution is -2.38. The third-order valence-electron chi connectivity index (χ3n) is 2.88. The Balaban J connectivity index is 2.30.